The third-order valence-corrected chi connectivity index (χ3v) is 15.4. The molecule has 94 heavy (non-hydrogen) atoms. The second kappa shape index (κ2) is 37.6. The molecule has 1 unspecified atom stereocenters. The van der Waals surface area contributed by atoms with E-state index in [1.807, 2.05) is 20.8 Å². The van der Waals surface area contributed by atoms with Gasteiger partial charge in [0.15, 0.2) is 11.5 Å². The molecule has 2 aromatic heterocycles. The van der Waals surface area contributed by atoms with Crippen molar-refractivity contribution in [1.82, 2.24) is 41.4 Å². The van der Waals surface area contributed by atoms with Crippen LogP contribution in [0.3, 0.4) is 0 Å². The van der Waals surface area contributed by atoms with Gasteiger partial charge in [0.1, 0.15) is 24.0 Å². The van der Waals surface area contributed by atoms with E-state index in [9.17, 15) is 43.2 Å². The van der Waals surface area contributed by atoms with Crippen LogP contribution in [0.5, 0.6) is 11.5 Å². The van der Waals surface area contributed by atoms with Crippen molar-refractivity contribution in [3.8, 4) is 11.5 Å². The first-order chi connectivity index (χ1) is 45.2. The smallest absolute Gasteiger partial charge is 0.415 e. The molecule has 1 aliphatic heterocycles. The quantitative estimate of drug-likeness (QED) is 0.0179. The Kier molecular flexibility index (Phi) is 29.6. The molecular formula is C65H91N11O18. The molecule has 0 saturated carbocycles. The summed E-state index contributed by atoms with van der Waals surface area (Å²) in [5.41, 5.74) is 8.95. The Balaban J connectivity index is 0.943. The maximum atomic E-state index is 14.4. The van der Waals surface area contributed by atoms with Gasteiger partial charge in [-0.3, -0.25) is 24.0 Å². The predicted octanol–water partition coefficient (Wildman–Crippen LogP) is 5.46. The minimum atomic E-state index is -1.03. The van der Waals surface area contributed by atoms with Crippen LogP contribution in [-0.4, -0.2) is 208 Å². The second-order valence-electron chi connectivity index (χ2n) is 22.6. The van der Waals surface area contributed by atoms with Crippen LogP contribution in [-0.2, 0) is 54.2 Å². The molecule has 3 aromatic carbocycles. The van der Waals surface area contributed by atoms with E-state index in [1.165, 1.54) is 31.0 Å². The molecule has 3 heterocycles. The highest BCUT2D eigenvalue weighted by Gasteiger charge is 2.39. The fourth-order valence-corrected chi connectivity index (χ4v) is 10.2. The van der Waals surface area contributed by atoms with Gasteiger partial charge in [-0.15, -0.1) is 0 Å². The number of hydrogen-bond acceptors (Lipinski definition) is 19. The summed E-state index contributed by atoms with van der Waals surface area (Å²) in [6, 6.07) is 12.5. The van der Waals surface area contributed by atoms with Gasteiger partial charge in [0.2, 0.25) is 23.6 Å². The number of amides is 9. The molecule has 5 aromatic rings. The van der Waals surface area contributed by atoms with Gasteiger partial charge in [-0.05, 0) is 79.6 Å². The van der Waals surface area contributed by atoms with Crippen molar-refractivity contribution >= 4 is 87.0 Å². The number of methoxy groups -OCH3 is 2. The summed E-state index contributed by atoms with van der Waals surface area (Å²) in [5, 5.41) is 18.0. The van der Waals surface area contributed by atoms with Crippen molar-refractivity contribution < 1.29 is 85.5 Å². The monoisotopic (exact) mass is 1310 g/mol. The highest BCUT2D eigenvalue weighted by atomic mass is 16.6. The van der Waals surface area contributed by atoms with Gasteiger partial charge in [-0.25, -0.2) is 19.2 Å². The van der Waals surface area contributed by atoms with Gasteiger partial charge in [0.05, 0.1) is 89.9 Å². The van der Waals surface area contributed by atoms with Crippen molar-refractivity contribution in [1.29, 1.82) is 0 Å². The predicted molar refractivity (Wildman–Crippen MR) is 348 cm³/mol. The van der Waals surface area contributed by atoms with E-state index in [4.69, 9.17) is 48.0 Å². The number of aryl methyl sites for hydroxylation is 1. The molecule has 0 aliphatic carbocycles. The number of ether oxygens (including phenoxy) is 8. The van der Waals surface area contributed by atoms with Gasteiger partial charge < -0.3 is 99.6 Å². The summed E-state index contributed by atoms with van der Waals surface area (Å²) < 4.78 is 50.0. The first kappa shape index (κ1) is 74.0. The molecule has 29 nitrogen and oxygen atoms in total. The van der Waals surface area contributed by atoms with E-state index in [1.54, 1.807) is 80.5 Å². The van der Waals surface area contributed by atoms with E-state index in [0.717, 1.165) is 0 Å². The van der Waals surface area contributed by atoms with E-state index >= 15 is 0 Å². The first-order valence-corrected chi connectivity index (χ1v) is 31.5. The zero-order valence-electron chi connectivity index (χ0n) is 55.1. The maximum Gasteiger partial charge on any atom is 0.415 e. The molecular weight excluding hydrogens is 1220 g/mol. The number of fused-ring (bicyclic) bond motifs is 4. The molecule has 3 atom stereocenters. The van der Waals surface area contributed by atoms with Crippen LogP contribution in [0.2, 0.25) is 0 Å². The molecule has 514 valence electrons. The van der Waals surface area contributed by atoms with Crippen molar-refractivity contribution in [2.75, 3.05) is 137 Å². The minimum absolute atomic E-state index is 0.0133. The number of nitrogens with two attached hydrogens (primary N) is 1. The number of likely N-dealkylation sites (N-methyl/N-ethyl adjacent to an activating group) is 2. The van der Waals surface area contributed by atoms with E-state index in [0.29, 0.717) is 128 Å². The lowest BCUT2D eigenvalue weighted by atomic mass is 9.93. The molecule has 0 saturated heterocycles. The highest BCUT2D eigenvalue weighted by Crippen LogP contribution is 2.49. The number of nitrogens with one attached hydrogen (secondary N) is 7. The number of hydrogen-bond donors (Lipinski definition) is 8. The molecule has 29 heteroatoms. The van der Waals surface area contributed by atoms with Crippen LogP contribution in [0, 0.1) is 12.8 Å². The fraction of sp³-hybridized carbons (Fsp3) is 0.523. The van der Waals surface area contributed by atoms with E-state index < -0.39 is 54.0 Å². The Hall–Kier alpha value is -9.03. The van der Waals surface area contributed by atoms with Gasteiger partial charge in [-0.1, -0.05) is 39.8 Å². The Morgan fingerprint density at radius 2 is 1.41 bits per heavy atom. The van der Waals surface area contributed by atoms with Crippen LogP contribution < -0.4 is 52.0 Å². The standard InChI is InChI=1S/C65H91N11O18/c1-10-43-38-76(61(81)51-36-44-35-46(86-8)18-19-49(44)93-51)48-37-50(58-56(55(43)48)54(41(5)71-58)62(82)87-9)94-65(85)75(7)26-25-74(6)64(84)92-39-42-14-16-45(17-15-42)72-59(79)47(13-12-21-70-63(66)83)73-60(80)57(40(3)4)69-23-22-67-53(78)20-27-88-29-31-90-33-34-91-32-30-89-28-24-68-52(77)11-2/h14-19,35-37,40,43,47,57,69,71H,10-13,20-34,38-39H2,1-9H3,(H,67,78)(H,68,77)(H,72,79)(H,73,80)(H3,66,70,83)/t43-,47?,57+/m1/s1. The Labute approximate surface area is 546 Å². The summed E-state index contributed by atoms with van der Waals surface area (Å²) in [4.78, 5) is 125. The average molecular weight is 1310 g/mol. The highest BCUT2D eigenvalue weighted by molar-refractivity contribution is 6.15. The number of urea groups is 1. The van der Waals surface area contributed by atoms with Crippen LogP contribution in [0.1, 0.15) is 103 Å². The zero-order chi connectivity index (χ0) is 68.3. The number of carbonyl (C=O) groups is 9. The Morgan fingerprint density at radius 1 is 0.755 bits per heavy atom. The molecule has 0 fully saturated rings. The number of anilines is 2. The lowest BCUT2D eigenvalue weighted by molar-refractivity contribution is -0.128. The van der Waals surface area contributed by atoms with E-state index in [2.05, 4.69) is 36.9 Å². The van der Waals surface area contributed by atoms with Crippen LogP contribution in [0.15, 0.2) is 59.0 Å². The Bertz CT molecular complexity index is 3370. The largest absolute Gasteiger partial charge is 0.497 e. The summed E-state index contributed by atoms with van der Waals surface area (Å²) in [7, 11) is 5.83. The van der Waals surface area contributed by atoms with Crippen LogP contribution in [0.4, 0.5) is 25.8 Å². The number of nitrogens with zero attached hydrogens (tertiary/aromatic N) is 3. The summed E-state index contributed by atoms with van der Waals surface area (Å²) in [6.45, 7) is 13.2. The molecule has 6 rings (SSSR count). The molecule has 9 amide bonds. The first-order valence-electron chi connectivity index (χ1n) is 31.5. The van der Waals surface area contributed by atoms with Crippen LogP contribution in [0.25, 0.3) is 21.9 Å². The number of carbonyl (C=O) groups excluding carboxylic acids is 9. The summed E-state index contributed by atoms with van der Waals surface area (Å²) in [5.74, 6) is -1.96. The minimum Gasteiger partial charge on any atom is -0.497 e. The maximum absolute atomic E-state index is 14.4. The number of H-pyrrole nitrogens is 1. The SMILES string of the molecule is CCC(=O)NCCOCCOCCOCCOCCC(=O)NCCN[C@H](C(=O)NC(CCCNC(N)=O)C(=O)Nc1ccc(COC(=O)N(C)CCN(C)C(=O)Oc2cc3c(c4c(C(=O)OC)c(C)[nH]c24)[C@H](CC)CN3C(=O)c2cc3cc(OC)ccc3o2)cc1)C(C)C. The van der Waals surface area contributed by atoms with Crippen LogP contribution >= 0.6 is 0 Å². The van der Waals surface area contributed by atoms with E-state index in [-0.39, 0.29) is 106 Å². The van der Waals surface area contributed by atoms with Crippen molar-refractivity contribution in [2.24, 2.45) is 11.7 Å². The lowest BCUT2D eigenvalue weighted by Crippen LogP contribution is -2.54. The molecule has 0 spiro atoms. The van der Waals surface area contributed by atoms with Gasteiger partial charge in [0.25, 0.3) is 5.91 Å². The number of esters is 1. The number of benzene rings is 3. The van der Waals surface area contributed by atoms with Crippen molar-refractivity contribution in [2.45, 2.75) is 91.3 Å². The van der Waals surface area contributed by atoms with Gasteiger partial charge >= 0.3 is 24.2 Å². The average Bonchev–Trinajstić information content (AvgIpc) is 1.56. The molecule has 1 aliphatic rings. The topological polar surface area (TPSA) is 364 Å². The second-order valence-corrected chi connectivity index (χ2v) is 22.6. The molecule has 0 bridgehead atoms. The number of furan rings is 1. The van der Waals surface area contributed by atoms with Gasteiger partial charge in [-0.2, -0.15) is 0 Å². The summed E-state index contributed by atoms with van der Waals surface area (Å²) in [6.07, 6.45) is 0.135. The number of primary amides is 1. The third-order valence-electron chi connectivity index (χ3n) is 15.4. The number of aromatic nitrogens is 1. The fourth-order valence-electron chi connectivity index (χ4n) is 10.2. The van der Waals surface area contributed by atoms with Crippen molar-refractivity contribution in [3.63, 3.8) is 0 Å². The lowest BCUT2D eigenvalue weighted by Gasteiger charge is -2.25. The third kappa shape index (κ3) is 21.8. The summed E-state index contributed by atoms with van der Waals surface area (Å²) >= 11 is 0. The number of aromatic amines is 1. The Morgan fingerprint density at radius 3 is 2.05 bits per heavy atom. The normalized spacial score (nSPS) is 13.2. The number of rotatable bonds is 39. The zero-order valence-corrected chi connectivity index (χ0v) is 55.1. The molecule has 0 radical (unpaired) electrons. The van der Waals surface area contributed by atoms with Gasteiger partial charge in [0, 0.05) is 107 Å². The van der Waals surface area contributed by atoms with Crippen molar-refractivity contribution in [3.05, 3.63) is 82.7 Å². The molecule has 9 N–H and O–H groups in total.